The highest BCUT2D eigenvalue weighted by molar-refractivity contribution is 5.95. The van der Waals surface area contributed by atoms with E-state index in [-0.39, 0.29) is 13.0 Å². The molecule has 22 heavy (non-hydrogen) atoms. The van der Waals surface area contributed by atoms with E-state index in [0.29, 0.717) is 0 Å². The van der Waals surface area contributed by atoms with E-state index < -0.39 is 48.6 Å². The highest BCUT2D eigenvalue weighted by Crippen LogP contribution is 2.06. The summed E-state index contributed by atoms with van der Waals surface area (Å²) in [6, 6.07) is 0. The van der Waals surface area contributed by atoms with Crippen molar-refractivity contribution in [3.8, 4) is 0 Å². The van der Waals surface area contributed by atoms with Gasteiger partial charge in [0.2, 0.25) is 0 Å². The van der Waals surface area contributed by atoms with Crippen LogP contribution in [0.5, 0.6) is 0 Å². The van der Waals surface area contributed by atoms with Crippen LogP contribution in [0.15, 0.2) is 12.7 Å². The number of ketones is 2. The molecule has 0 amide bonds. The minimum atomic E-state index is -1.35. The molecule has 0 atom stereocenters. The van der Waals surface area contributed by atoms with Gasteiger partial charge < -0.3 is 14.2 Å². The van der Waals surface area contributed by atoms with E-state index in [9.17, 15) is 24.0 Å². The van der Waals surface area contributed by atoms with Crippen LogP contribution >= 0.6 is 0 Å². The summed E-state index contributed by atoms with van der Waals surface area (Å²) in [7, 11) is 0. The highest BCUT2D eigenvalue weighted by atomic mass is 16.7. The van der Waals surface area contributed by atoms with Crippen LogP contribution in [0.25, 0.3) is 0 Å². The van der Waals surface area contributed by atoms with Crippen LogP contribution in [0.3, 0.4) is 0 Å². The average Bonchev–Trinajstić information content (AvgIpc) is 2.35. The molecule has 0 bridgehead atoms. The van der Waals surface area contributed by atoms with Crippen molar-refractivity contribution in [1.82, 2.24) is 0 Å². The number of carbonyl (C=O) groups excluding carboxylic acids is 5. The zero-order chi connectivity index (χ0) is 17.1. The van der Waals surface area contributed by atoms with Crippen molar-refractivity contribution >= 4 is 29.5 Å². The molecule has 0 spiro atoms. The van der Waals surface area contributed by atoms with Gasteiger partial charge in [-0.3, -0.25) is 19.2 Å². The first kappa shape index (κ1) is 19.5. The van der Waals surface area contributed by atoms with E-state index in [1.54, 1.807) is 0 Å². The van der Waals surface area contributed by atoms with Crippen LogP contribution in [0.2, 0.25) is 0 Å². The van der Waals surface area contributed by atoms with Crippen LogP contribution in [-0.4, -0.2) is 42.4 Å². The Morgan fingerprint density at radius 1 is 0.955 bits per heavy atom. The Bertz CT molecular complexity index is 435. The summed E-state index contributed by atoms with van der Waals surface area (Å²) in [5.74, 6) is -3.30. The molecule has 8 heteroatoms. The second kappa shape index (κ2) is 10.3. The number of esters is 3. The second-order valence-electron chi connectivity index (χ2n) is 4.33. The maximum atomic E-state index is 11.4. The number of carbonyl (C=O) groups is 5. The van der Waals surface area contributed by atoms with E-state index in [1.807, 2.05) is 0 Å². The van der Waals surface area contributed by atoms with E-state index in [4.69, 9.17) is 9.47 Å². The molecular weight excluding hydrogens is 296 g/mol. The third-order valence-corrected chi connectivity index (χ3v) is 2.08. The van der Waals surface area contributed by atoms with Crippen LogP contribution in [-0.2, 0) is 38.2 Å². The van der Waals surface area contributed by atoms with Gasteiger partial charge in [0.15, 0.2) is 0 Å². The summed E-state index contributed by atoms with van der Waals surface area (Å²) in [5, 5.41) is 0. The summed E-state index contributed by atoms with van der Waals surface area (Å²) in [6.45, 7) is 5.40. The Morgan fingerprint density at radius 2 is 1.41 bits per heavy atom. The van der Waals surface area contributed by atoms with Crippen molar-refractivity contribution in [2.75, 3.05) is 6.61 Å². The van der Waals surface area contributed by atoms with E-state index in [1.165, 1.54) is 13.8 Å². The van der Waals surface area contributed by atoms with Crippen LogP contribution in [0, 0.1) is 0 Å². The molecule has 0 aromatic carbocycles. The molecule has 0 heterocycles. The number of ether oxygens (including phenoxy) is 3. The zero-order valence-corrected chi connectivity index (χ0v) is 12.5. The zero-order valence-electron chi connectivity index (χ0n) is 12.5. The van der Waals surface area contributed by atoms with Crippen LogP contribution < -0.4 is 0 Å². The first-order chi connectivity index (χ1) is 10.2. The Kier molecular flexibility index (Phi) is 9.08. The molecule has 0 rings (SSSR count). The Labute approximate surface area is 127 Å². The van der Waals surface area contributed by atoms with Crippen molar-refractivity contribution < 1.29 is 38.2 Å². The van der Waals surface area contributed by atoms with Gasteiger partial charge in [0, 0.05) is 6.08 Å². The molecule has 122 valence electrons. The smallest absolute Gasteiger partial charge is 0.330 e. The van der Waals surface area contributed by atoms with Gasteiger partial charge in [0.1, 0.15) is 24.4 Å². The molecule has 0 radical (unpaired) electrons. The van der Waals surface area contributed by atoms with Gasteiger partial charge in [-0.1, -0.05) is 6.58 Å². The molecule has 0 aliphatic rings. The lowest BCUT2D eigenvalue weighted by molar-refractivity contribution is -0.190. The van der Waals surface area contributed by atoms with Gasteiger partial charge in [-0.05, 0) is 13.8 Å². The van der Waals surface area contributed by atoms with Crippen LogP contribution in [0.4, 0.5) is 0 Å². The molecule has 0 unspecified atom stereocenters. The summed E-state index contributed by atoms with van der Waals surface area (Å²) in [4.78, 5) is 55.3. The van der Waals surface area contributed by atoms with Gasteiger partial charge >= 0.3 is 17.9 Å². The van der Waals surface area contributed by atoms with Gasteiger partial charge in [0.05, 0.1) is 13.0 Å². The minimum Gasteiger partial charge on any atom is -0.462 e. The molecule has 0 saturated carbocycles. The Balaban J connectivity index is 4.53. The fourth-order valence-corrected chi connectivity index (χ4v) is 1.24. The predicted molar refractivity (Wildman–Crippen MR) is 72.3 cm³/mol. The molecule has 0 aromatic rings. The van der Waals surface area contributed by atoms with Gasteiger partial charge in [-0.2, -0.15) is 0 Å². The molecule has 0 aliphatic carbocycles. The minimum absolute atomic E-state index is 0.132. The van der Waals surface area contributed by atoms with Crippen molar-refractivity contribution in [3.63, 3.8) is 0 Å². The fourth-order valence-electron chi connectivity index (χ4n) is 1.24. The number of hydrogen-bond acceptors (Lipinski definition) is 8. The molecule has 0 aromatic heterocycles. The third-order valence-electron chi connectivity index (χ3n) is 2.08. The van der Waals surface area contributed by atoms with Crippen molar-refractivity contribution in [2.45, 2.75) is 39.4 Å². The average molecular weight is 314 g/mol. The fraction of sp³-hybridized carbons (Fsp3) is 0.500. The first-order valence-corrected chi connectivity index (χ1v) is 6.41. The molecule has 0 aliphatic heterocycles. The molecule has 0 saturated heterocycles. The second-order valence-corrected chi connectivity index (χ2v) is 4.33. The summed E-state index contributed by atoms with van der Waals surface area (Å²) >= 11 is 0. The summed E-state index contributed by atoms with van der Waals surface area (Å²) < 4.78 is 14.3. The standard InChI is InChI=1S/C14H18O8/c1-4-11(17)20-6-5-14(21-12(18)7-9(2)15)22-13(19)8-10(3)16/h4,14H,1,5-8H2,2-3H3. The maximum Gasteiger partial charge on any atom is 0.330 e. The molecular formula is C14H18O8. The third kappa shape index (κ3) is 10.3. The summed E-state index contributed by atoms with van der Waals surface area (Å²) in [5.41, 5.74) is 0. The largest absolute Gasteiger partial charge is 0.462 e. The van der Waals surface area contributed by atoms with Gasteiger partial charge in [-0.15, -0.1) is 0 Å². The highest BCUT2D eigenvalue weighted by Gasteiger charge is 2.21. The lowest BCUT2D eigenvalue weighted by Gasteiger charge is -2.17. The van der Waals surface area contributed by atoms with Gasteiger partial charge in [0.25, 0.3) is 6.29 Å². The SMILES string of the molecule is C=CC(=O)OCCC(OC(=O)CC(C)=O)OC(=O)CC(C)=O. The topological polar surface area (TPSA) is 113 Å². The first-order valence-electron chi connectivity index (χ1n) is 6.41. The molecule has 0 N–H and O–H groups in total. The maximum absolute atomic E-state index is 11.4. The van der Waals surface area contributed by atoms with E-state index in [0.717, 1.165) is 6.08 Å². The Hall–Kier alpha value is -2.51. The Morgan fingerprint density at radius 3 is 1.77 bits per heavy atom. The molecule has 8 nitrogen and oxygen atoms in total. The normalized spacial score (nSPS) is 9.77. The lowest BCUT2D eigenvalue weighted by atomic mass is 10.3. The monoisotopic (exact) mass is 314 g/mol. The van der Waals surface area contributed by atoms with Crippen molar-refractivity contribution in [3.05, 3.63) is 12.7 Å². The number of Topliss-reactive ketones (excluding diaryl/α,β-unsaturated/α-hetero) is 2. The van der Waals surface area contributed by atoms with Crippen LogP contribution in [0.1, 0.15) is 33.1 Å². The predicted octanol–water partition coefficient (Wildman–Crippen LogP) is 0.476. The van der Waals surface area contributed by atoms with E-state index in [2.05, 4.69) is 11.3 Å². The molecule has 0 fully saturated rings. The number of hydrogen-bond donors (Lipinski definition) is 0. The number of rotatable bonds is 10. The van der Waals surface area contributed by atoms with E-state index >= 15 is 0 Å². The summed E-state index contributed by atoms with van der Waals surface area (Å²) in [6.07, 6.45) is -1.50. The van der Waals surface area contributed by atoms with Gasteiger partial charge in [-0.25, -0.2) is 4.79 Å². The van der Waals surface area contributed by atoms with Crippen molar-refractivity contribution in [2.24, 2.45) is 0 Å². The van der Waals surface area contributed by atoms with Crippen molar-refractivity contribution in [1.29, 1.82) is 0 Å². The quantitative estimate of drug-likeness (QED) is 0.247. The lowest BCUT2D eigenvalue weighted by Crippen LogP contribution is -2.27.